The molecule has 2 amide bonds. The van der Waals surface area contributed by atoms with Gasteiger partial charge in [0.1, 0.15) is 17.2 Å². The molecule has 7 nitrogen and oxygen atoms in total. The molecule has 0 radical (unpaired) electrons. The fraction of sp³-hybridized carbons (Fsp3) is 0.278. The lowest BCUT2D eigenvalue weighted by Crippen LogP contribution is -2.32. The number of carbonyl (C=O) groups is 1. The summed E-state index contributed by atoms with van der Waals surface area (Å²) in [6, 6.07) is 7.68. The number of hydrogen-bond acceptors (Lipinski definition) is 4. The molecule has 0 aliphatic carbocycles. The minimum atomic E-state index is -4.85. The van der Waals surface area contributed by atoms with Gasteiger partial charge in [-0.3, -0.25) is 10.3 Å². The smallest absolute Gasteiger partial charge is 0.397 e. The second-order valence-corrected chi connectivity index (χ2v) is 5.90. The Morgan fingerprint density at radius 3 is 2.50 bits per heavy atom. The van der Waals surface area contributed by atoms with E-state index in [9.17, 15) is 18.0 Å². The maximum absolute atomic E-state index is 13.5. The van der Waals surface area contributed by atoms with Crippen molar-refractivity contribution in [3.8, 4) is 0 Å². The summed E-state index contributed by atoms with van der Waals surface area (Å²) in [5, 5.41) is 4.67. The van der Waals surface area contributed by atoms with Gasteiger partial charge in [0.15, 0.2) is 0 Å². The van der Waals surface area contributed by atoms with Gasteiger partial charge in [0.2, 0.25) is 0 Å². The molecular formula is C18H21F3N6O. The van der Waals surface area contributed by atoms with Gasteiger partial charge < -0.3 is 16.8 Å². The molecule has 10 heteroatoms. The van der Waals surface area contributed by atoms with E-state index in [0.29, 0.717) is 0 Å². The van der Waals surface area contributed by atoms with Crippen LogP contribution in [0.5, 0.6) is 0 Å². The summed E-state index contributed by atoms with van der Waals surface area (Å²) < 4.78 is 40.6. The van der Waals surface area contributed by atoms with Gasteiger partial charge in [-0.15, -0.1) is 0 Å². The second kappa shape index (κ2) is 8.59. The van der Waals surface area contributed by atoms with Crippen LogP contribution in [0.4, 0.5) is 29.5 Å². The summed E-state index contributed by atoms with van der Waals surface area (Å²) in [5.41, 5.74) is 10.1. The first kappa shape index (κ1) is 21.0. The molecule has 0 aliphatic rings. The van der Waals surface area contributed by atoms with Crippen molar-refractivity contribution in [2.24, 2.45) is 10.7 Å². The van der Waals surface area contributed by atoms with E-state index in [1.807, 2.05) is 6.07 Å². The molecule has 0 saturated carbocycles. The van der Waals surface area contributed by atoms with Crippen LogP contribution in [0.1, 0.15) is 36.6 Å². The monoisotopic (exact) mass is 394 g/mol. The predicted molar refractivity (Wildman–Crippen MR) is 102 cm³/mol. The zero-order valence-corrected chi connectivity index (χ0v) is 15.3. The van der Waals surface area contributed by atoms with Crippen molar-refractivity contribution in [2.45, 2.75) is 26.1 Å². The topological polar surface area (TPSA) is 118 Å². The number of nitrogens with two attached hydrogens (primary N) is 2. The Morgan fingerprint density at radius 1 is 1.29 bits per heavy atom. The van der Waals surface area contributed by atoms with Crippen LogP contribution < -0.4 is 22.1 Å². The summed E-state index contributed by atoms with van der Waals surface area (Å²) >= 11 is 0. The average Bonchev–Trinajstić information content (AvgIpc) is 2.61. The number of pyridine rings is 1. The molecule has 0 spiro atoms. The first-order valence-electron chi connectivity index (χ1n) is 8.43. The number of benzene rings is 1. The first-order valence-corrected chi connectivity index (χ1v) is 8.43. The number of nitrogens with zero attached hydrogens (tertiary/aromatic N) is 2. The van der Waals surface area contributed by atoms with Gasteiger partial charge >= 0.3 is 12.2 Å². The third kappa shape index (κ3) is 4.90. The van der Waals surface area contributed by atoms with Crippen molar-refractivity contribution in [1.82, 2.24) is 10.3 Å². The third-order valence-corrected chi connectivity index (χ3v) is 3.89. The third-order valence-electron chi connectivity index (χ3n) is 3.89. The van der Waals surface area contributed by atoms with Crippen LogP contribution in [0.25, 0.3) is 0 Å². The summed E-state index contributed by atoms with van der Waals surface area (Å²) in [6.07, 6.45) is -3.80. The fourth-order valence-corrected chi connectivity index (χ4v) is 2.53. The molecule has 150 valence electrons. The number of alkyl halides is 3. The Bertz CT molecular complexity index is 868. The van der Waals surface area contributed by atoms with E-state index in [4.69, 9.17) is 11.5 Å². The number of amidine groups is 1. The van der Waals surface area contributed by atoms with Gasteiger partial charge in [-0.1, -0.05) is 30.3 Å². The number of urea groups is 1. The summed E-state index contributed by atoms with van der Waals surface area (Å²) in [6.45, 7) is 3.65. The number of carbonyl (C=O) groups excluding carboxylic acids is 1. The largest absolute Gasteiger partial charge is 0.421 e. The quantitative estimate of drug-likeness (QED) is 0.460. The minimum absolute atomic E-state index is 0.141. The minimum Gasteiger partial charge on any atom is -0.397 e. The van der Waals surface area contributed by atoms with Gasteiger partial charge in [0, 0.05) is 12.7 Å². The van der Waals surface area contributed by atoms with Crippen LogP contribution in [-0.2, 0) is 6.18 Å². The Morgan fingerprint density at radius 2 is 1.93 bits per heavy atom. The van der Waals surface area contributed by atoms with E-state index in [1.54, 1.807) is 38.1 Å². The van der Waals surface area contributed by atoms with Gasteiger partial charge in [-0.2, -0.15) is 13.2 Å². The van der Waals surface area contributed by atoms with Crippen molar-refractivity contribution in [3.05, 3.63) is 53.2 Å². The average molecular weight is 394 g/mol. The molecule has 6 N–H and O–H groups in total. The van der Waals surface area contributed by atoms with Gasteiger partial charge in [0.25, 0.3) is 0 Å². The molecule has 1 heterocycles. The SMILES string of the molecule is CCN=C(N)c1cnc(NC(=O)NC(C)c2ccccc2)c(C(F)(F)F)c1N. The number of anilines is 2. The summed E-state index contributed by atoms with van der Waals surface area (Å²) in [4.78, 5) is 19.7. The molecule has 0 fully saturated rings. The van der Waals surface area contributed by atoms with Crippen molar-refractivity contribution in [3.63, 3.8) is 0 Å². The zero-order chi connectivity index (χ0) is 20.9. The highest BCUT2D eigenvalue weighted by Gasteiger charge is 2.38. The second-order valence-electron chi connectivity index (χ2n) is 5.90. The molecule has 0 bridgehead atoms. The van der Waals surface area contributed by atoms with Crippen molar-refractivity contribution in [1.29, 1.82) is 0 Å². The number of aliphatic imine (C=N–C) groups is 1. The van der Waals surface area contributed by atoms with E-state index >= 15 is 0 Å². The Labute approximate surface area is 160 Å². The van der Waals surface area contributed by atoms with Crippen LogP contribution >= 0.6 is 0 Å². The number of hydrogen-bond donors (Lipinski definition) is 4. The van der Waals surface area contributed by atoms with E-state index < -0.39 is 35.3 Å². The number of rotatable bonds is 5. The molecule has 28 heavy (non-hydrogen) atoms. The summed E-state index contributed by atoms with van der Waals surface area (Å²) in [5.74, 6) is -0.873. The number of nitrogen functional groups attached to an aromatic ring is 1. The fourth-order valence-electron chi connectivity index (χ4n) is 2.53. The molecule has 2 aromatic rings. The number of nitrogens with one attached hydrogen (secondary N) is 2. The molecule has 1 unspecified atom stereocenters. The van der Waals surface area contributed by atoms with Crippen molar-refractivity contribution in [2.75, 3.05) is 17.6 Å². The highest BCUT2D eigenvalue weighted by atomic mass is 19.4. The molecule has 2 rings (SSSR count). The molecular weight excluding hydrogens is 373 g/mol. The lowest BCUT2D eigenvalue weighted by molar-refractivity contribution is -0.136. The van der Waals surface area contributed by atoms with Crippen molar-refractivity contribution >= 4 is 23.4 Å². The van der Waals surface area contributed by atoms with E-state index in [-0.39, 0.29) is 17.9 Å². The van der Waals surface area contributed by atoms with Crippen LogP contribution in [-0.4, -0.2) is 23.4 Å². The van der Waals surface area contributed by atoms with Gasteiger partial charge in [-0.05, 0) is 19.4 Å². The highest BCUT2D eigenvalue weighted by molar-refractivity contribution is 6.03. The van der Waals surface area contributed by atoms with Crippen LogP contribution in [0, 0.1) is 0 Å². The first-order chi connectivity index (χ1) is 13.1. The zero-order valence-electron chi connectivity index (χ0n) is 15.3. The maximum atomic E-state index is 13.5. The predicted octanol–water partition coefficient (Wildman–Crippen LogP) is 3.29. The molecule has 1 aromatic heterocycles. The lowest BCUT2D eigenvalue weighted by Gasteiger charge is -2.19. The molecule has 0 saturated heterocycles. The molecule has 1 aromatic carbocycles. The van der Waals surface area contributed by atoms with E-state index in [1.165, 1.54) is 0 Å². The summed E-state index contributed by atoms with van der Waals surface area (Å²) in [7, 11) is 0. The lowest BCUT2D eigenvalue weighted by atomic mass is 10.1. The number of halogens is 3. The Balaban J connectivity index is 2.31. The highest BCUT2D eigenvalue weighted by Crippen LogP contribution is 2.39. The van der Waals surface area contributed by atoms with Crippen LogP contribution in [0.2, 0.25) is 0 Å². The molecule has 0 aliphatic heterocycles. The van der Waals surface area contributed by atoms with Crippen LogP contribution in [0.3, 0.4) is 0 Å². The number of aromatic nitrogens is 1. The van der Waals surface area contributed by atoms with Gasteiger partial charge in [0.05, 0.1) is 17.3 Å². The van der Waals surface area contributed by atoms with E-state index in [0.717, 1.165) is 11.8 Å². The normalized spacial score (nSPS) is 13.1. The standard InChI is InChI=1S/C18H21F3N6O/c1-3-24-15(23)12-9-25-16(13(14(12)22)18(19,20)21)27-17(28)26-10(2)11-7-5-4-6-8-11/h4-10H,3H2,1-2H3,(H2,23,24)(H4,22,25,26,27,28). The van der Waals surface area contributed by atoms with Gasteiger partial charge in [-0.25, -0.2) is 9.78 Å². The Kier molecular flexibility index (Phi) is 6.45. The molecule has 1 atom stereocenters. The Hall–Kier alpha value is -3.30. The van der Waals surface area contributed by atoms with E-state index in [2.05, 4.69) is 20.6 Å². The van der Waals surface area contributed by atoms with Crippen molar-refractivity contribution < 1.29 is 18.0 Å². The number of amides is 2. The maximum Gasteiger partial charge on any atom is 0.421 e. The van der Waals surface area contributed by atoms with Crippen LogP contribution in [0.15, 0.2) is 41.5 Å².